The van der Waals surface area contributed by atoms with Gasteiger partial charge in [0.2, 0.25) is 0 Å². The van der Waals surface area contributed by atoms with Gasteiger partial charge in [0.05, 0.1) is 0 Å². The molecular formula is C20H22ClNO2. The van der Waals surface area contributed by atoms with E-state index in [1.807, 2.05) is 36.4 Å². The van der Waals surface area contributed by atoms with E-state index in [0.717, 1.165) is 35.8 Å². The van der Waals surface area contributed by atoms with Crippen molar-refractivity contribution in [1.29, 1.82) is 0 Å². The number of hydrogen-bond donors (Lipinski definition) is 2. The minimum Gasteiger partial charge on any atom is -0.489 e. The highest BCUT2D eigenvalue weighted by molar-refractivity contribution is 6.30. The van der Waals surface area contributed by atoms with Crippen molar-refractivity contribution in [2.75, 3.05) is 26.3 Å². The van der Waals surface area contributed by atoms with Crippen molar-refractivity contribution < 1.29 is 9.84 Å². The molecule has 1 aliphatic rings. The van der Waals surface area contributed by atoms with Crippen LogP contribution in [-0.4, -0.2) is 31.4 Å². The van der Waals surface area contributed by atoms with Crippen LogP contribution in [0.25, 0.3) is 6.08 Å². The Morgan fingerprint density at radius 1 is 1.17 bits per heavy atom. The molecule has 0 fully saturated rings. The summed E-state index contributed by atoms with van der Waals surface area (Å²) in [4.78, 5) is 0. The minimum atomic E-state index is 0.193. The lowest BCUT2D eigenvalue weighted by Crippen LogP contribution is -2.26. The van der Waals surface area contributed by atoms with Crippen LogP contribution in [0.3, 0.4) is 0 Å². The number of halogens is 1. The third kappa shape index (κ3) is 4.38. The third-order valence-electron chi connectivity index (χ3n) is 4.24. The average Bonchev–Trinajstić information content (AvgIpc) is 2.61. The standard InChI is InChI=1S/C20H22ClNO2/c21-19-6-7-20-18(11-19)10-15(14-24-20)12-22-13-17(8-9-23)16-4-2-1-3-5-16/h1-7,10-11,17,22-23H,8-9,12-14H2. The number of nitrogens with one attached hydrogen (secondary N) is 1. The lowest BCUT2D eigenvalue weighted by Gasteiger charge is -2.21. The first-order chi connectivity index (χ1) is 11.8. The van der Waals surface area contributed by atoms with Gasteiger partial charge in [-0.05, 0) is 47.8 Å². The van der Waals surface area contributed by atoms with Gasteiger partial charge in [-0.2, -0.15) is 0 Å². The van der Waals surface area contributed by atoms with E-state index in [1.54, 1.807) is 0 Å². The molecule has 1 atom stereocenters. The van der Waals surface area contributed by atoms with Crippen molar-refractivity contribution in [3.63, 3.8) is 0 Å². The van der Waals surface area contributed by atoms with Crippen LogP contribution in [0.5, 0.6) is 5.75 Å². The number of benzene rings is 2. The molecule has 2 aromatic carbocycles. The second-order valence-electron chi connectivity index (χ2n) is 6.02. The molecule has 24 heavy (non-hydrogen) atoms. The monoisotopic (exact) mass is 343 g/mol. The molecule has 0 aromatic heterocycles. The summed E-state index contributed by atoms with van der Waals surface area (Å²) >= 11 is 6.05. The van der Waals surface area contributed by atoms with Gasteiger partial charge in [0.1, 0.15) is 12.4 Å². The maximum atomic E-state index is 9.31. The zero-order valence-corrected chi connectivity index (χ0v) is 14.3. The fourth-order valence-electron chi connectivity index (χ4n) is 2.97. The van der Waals surface area contributed by atoms with Crippen LogP contribution < -0.4 is 10.1 Å². The number of fused-ring (bicyclic) bond motifs is 1. The van der Waals surface area contributed by atoms with Gasteiger partial charge in [0.25, 0.3) is 0 Å². The Morgan fingerprint density at radius 2 is 2.00 bits per heavy atom. The highest BCUT2D eigenvalue weighted by Gasteiger charge is 2.14. The van der Waals surface area contributed by atoms with Gasteiger partial charge in [-0.15, -0.1) is 0 Å². The fourth-order valence-corrected chi connectivity index (χ4v) is 3.15. The molecule has 2 N–H and O–H groups in total. The minimum absolute atomic E-state index is 0.193. The van der Waals surface area contributed by atoms with Gasteiger partial charge in [0, 0.05) is 30.3 Å². The topological polar surface area (TPSA) is 41.5 Å². The van der Waals surface area contributed by atoms with Crippen molar-refractivity contribution in [2.24, 2.45) is 0 Å². The Hall–Kier alpha value is -1.81. The first-order valence-electron chi connectivity index (χ1n) is 8.24. The quantitative estimate of drug-likeness (QED) is 0.801. The van der Waals surface area contributed by atoms with E-state index in [9.17, 15) is 5.11 Å². The van der Waals surface area contributed by atoms with Crippen LogP contribution >= 0.6 is 11.6 Å². The van der Waals surface area contributed by atoms with Gasteiger partial charge in [-0.25, -0.2) is 0 Å². The molecule has 0 radical (unpaired) electrons. The maximum absolute atomic E-state index is 9.31. The van der Waals surface area contributed by atoms with E-state index in [0.29, 0.717) is 12.5 Å². The molecule has 0 bridgehead atoms. The average molecular weight is 344 g/mol. The summed E-state index contributed by atoms with van der Waals surface area (Å²) in [5.41, 5.74) is 3.48. The van der Waals surface area contributed by atoms with Crippen LogP contribution in [0.15, 0.2) is 54.1 Å². The Kier molecular flexibility index (Phi) is 5.91. The number of aliphatic hydroxyl groups is 1. The molecule has 3 nitrogen and oxygen atoms in total. The highest BCUT2D eigenvalue weighted by atomic mass is 35.5. The molecule has 3 rings (SSSR count). The molecule has 4 heteroatoms. The Bertz CT molecular complexity index is 700. The molecule has 126 valence electrons. The molecule has 1 unspecified atom stereocenters. The Balaban J connectivity index is 1.59. The summed E-state index contributed by atoms with van der Waals surface area (Å²) < 4.78 is 5.77. The first kappa shape index (κ1) is 17.0. The molecule has 1 heterocycles. The van der Waals surface area contributed by atoms with Gasteiger partial charge in [-0.3, -0.25) is 0 Å². The van der Waals surface area contributed by atoms with Crippen molar-refractivity contribution in [3.8, 4) is 5.75 Å². The van der Waals surface area contributed by atoms with Gasteiger partial charge in [-0.1, -0.05) is 41.9 Å². The SMILES string of the molecule is OCCC(CNCC1=Cc2cc(Cl)ccc2OC1)c1ccccc1. The number of hydrogen-bond acceptors (Lipinski definition) is 3. The Morgan fingerprint density at radius 3 is 2.79 bits per heavy atom. The summed E-state index contributed by atoms with van der Waals surface area (Å²) in [6, 6.07) is 16.0. The predicted molar refractivity (Wildman–Crippen MR) is 98.7 cm³/mol. The van der Waals surface area contributed by atoms with E-state index in [2.05, 4.69) is 23.5 Å². The van der Waals surface area contributed by atoms with Crippen LogP contribution in [0, 0.1) is 0 Å². The van der Waals surface area contributed by atoms with Crippen LogP contribution in [0.4, 0.5) is 0 Å². The lowest BCUT2D eigenvalue weighted by atomic mass is 9.96. The number of ether oxygens (including phenoxy) is 1. The summed E-state index contributed by atoms with van der Waals surface area (Å²) in [5, 5.41) is 13.5. The van der Waals surface area contributed by atoms with E-state index < -0.39 is 0 Å². The fraction of sp³-hybridized carbons (Fsp3) is 0.300. The van der Waals surface area contributed by atoms with E-state index in [4.69, 9.17) is 16.3 Å². The molecular weight excluding hydrogens is 322 g/mol. The predicted octanol–water partition coefficient (Wildman–Crippen LogP) is 3.87. The Labute approximate surface area is 147 Å². The zero-order valence-electron chi connectivity index (χ0n) is 13.5. The highest BCUT2D eigenvalue weighted by Crippen LogP contribution is 2.28. The third-order valence-corrected chi connectivity index (χ3v) is 4.47. The second-order valence-corrected chi connectivity index (χ2v) is 6.46. The van der Waals surface area contributed by atoms with Crippen LogP contribution in [0.1, 0.15) is 23.5 Å². The second kappa shape index (κ2) is 8.34. The first-order valence-corrected chi connectivity index (χ1v) is 8.62. The summed E-state index contributed by atoms with van der Waals surface area (Å²) in [7, 11) is 0. The smallest absolute Gasteiger partial charge is 0.127 e. The summed E-state index contributed by atoms with van der Waals surface area (Å²) in [6.45, 7) is 2.38. The zero-order chi connectivity index (χ0) is 16.8. The van der Waals surface area contributed by atoms with E-state index in [1.165, 1.54) is 11.1 Å². The molecule has 0 aliphatic carbocycles. The van der Waals surface area contributed by atoms with Crippen molar-refractivity contribution in [1.82, 2.24) is 5.32 Å². The molecule has 0 amide bonds. The van der Waals surface area contributed by atoms with Gasteiger partial charge < -0.3 is 15.2 Å². The van der Waals surface area contributed by atoms with Crippen molar-refractivity contribution >= 4 is 17.7 Å². The van der Waals surface area contributed by atoms with E-state index in [-0.39, 0.29) is 6.61 Å². The van der Waals surface area contributed by atoms with Crippen molar-refractivity contribution in [2.45, 2.75) is 12.3 Å². The van der Waals surface area contributed by atoms with Crippen LogP contribution in [0.2, 0.25) is 5.02 Å². The molecule has 0 saturated carbocycles. The molecule has 1 aliphatic heterocycles. The van der Waals surface area contributed by atoms with Crippen LogP contribution in [-0.2, 0) is 0 Å². The van der Waals surface area contributed by atoms with Gasteiger partial charge >= 0.3 is 0 Å². The number of rotatable bonds is 7. The molecule has 0 saturated heterocycles. The number of aliphatic hydroxyl groups excluding tert-OH is 1. The lowest BCUT2D eigenvalue weighted by molar-refractivity contribution is 0.273. The molecule has 2 aromatic rings. The summed E-state index contributed by atoms with van der Waals surface area (Å²) in [6.07, 6.45) is 2.90. The van der Waals surface area contributed by atoms with Crippen molar-refractivity contribution in [3.05, 3.63) is 70.3 Å². The van der Waals surface area contributed by atoms with Gasteiger partial charge in [0.15, 0.2) is 0 Å². The largest absolute Gasteiger partial charge is 0.489 e. The maximum Gasteiger partial charge on any atom is 0.127 e. The van der Waals surface area contributed by atoms with E-state index >= 15 is 0 Å². The molecule has 0 spiro atoms. The summed E-state index contributed by atoms with van der Waals surface area (Å²) in [5.74, 6) is 1.19. The normalized spacial score (nSPS) is 14.5.